The van der Waals surface area contributed by atoms with Crippen LogP contribution in [-0.2, 0) is 0 Å². The van der Waals surface area contributed by atoms with Gasteiger partial charge in [0.15, 0.2) is 0 Å². The van der Waals surface area contributed by atoms with E-state index in [1.807, 2.05) is 48.7 Å². The number of carbonyl (C=O) groups excluding carboxylic acids is 1. The maximum Gasteiger partial charge on any atom is 0.319 e. The van der Waals surface area contributed by atoms with Gasteiger partial charge in [-0.15, -0.1) is 0 Å². The minimum Gasteiger partial charge on any atom is -0.361 e. The van der Waals surface area contributed by atoms with Crippen molar-refractivity contribution in [1.29, 1.82) is 0 Å². The molecule has 0 radical (unpaired) electrons. The fourth-order valence-corrected chi connectivity index (χ4v) is 4.44. The summed E-state index contributed by atoms with van der Waals surface area (Å²) in [5, 5.41) is 7.13. The molecule has 1 unspecified atom stereocenters. The normalized spacial score (nSPS) is 14.4. The molecule has 0 saturated carbocycles. The van der Waals surface area contributed by atoms with Gasteiger partial charge in [0.25, 0.3) is 0 Å². The largest absolute Gasteiger partial charge is 0.361 e. The Morgan fingerprint density at radius 1 is 1.00 bits per heavy atom. The third-order valence-electron chi connectivity index (χ3n) is 6.10. The molecule has 6 heteroatoms. The molecule has 1 atom stereocenters. The van der Waals surface area contributed by atoms with E-state index in [4.69, 9.17) is 0 Å². The van der Waals surface area contributed by atoms with E-state index < -0.39 is 0 Å². The molecule has 2 amide bonds. The van der Waals surface area contributed by atoms with Gasteiger partial charge in [0, 0.05) is 42.7 Å². The van der Waals surface area contributed by atoms with Crippen LogP contribution < -0.4 is 15.5 Å². The molecule has 1 aliphatic rings. The summed E-state index contributed by atoms with van der Waals surface area (Å²) in [6, 6.07) is 22.2. The number of carbonyl (C=O) groups is 1. The number of nitrogens with zero attached hydrogens (tertiary/aromatic N) is 2. The summed E-state index contributed by atoms with van der Waals surface area (Å²) >= 11 is 0. The molecular weight excluding hydrogens is 398 g/mol. The molecule has 32 heavy (non-hydrogen) atoms. The number of anilines is 2. The highest BCUT2D eigenvalue weighted by Gasteiger charge is 2.19. The molecule has 3 N–H and O–H groups in total. The first-order valence-electron chi connectivity index (χ1n) is 11.1. The van der Waals surface area contributed by atoms with E-state index in [-0.39, 0.29) is 11.9 Å². The number of amides is 2. The van der Waals surface area contributed by atoms with Crippen molar-refractivity contribution < 1.29 is 4.79 Å². The van der Waals surface area contributed by atoms with Crippen LogP contribution in [0.5, 0.6) is 0 Å². The van der Waals surface area contributed by atoms with Crippen LogP contribution >= 0.6 is 0 Å². The Hall–Kier alpha value is -3.80. The Kier molecular flexibility index (Phi) is 5.75. The Balaban J connectivity index is 1.28. The monoisotopic (exact) mass is 425 g/mol. The molecule has 1 fully saturated rings. The van der Waals surface area contributed by atoms with E-state index >= 15 is 0 Å². The van der Waals surface area contributed by atoms with Gasteiger partial charge < -0.3 is 20.5 Å². The molecule has 3 heterocycles. The van der Waals surface area contributed by atoms with Gasteiger partial charge in [0.05, 0.1) is 11.9 Å². The second kappa shape index (κ2) is 9.14. The summed E-state index contributed by atoms with van der Waals surface area (Å²) in [7, 11) is 0. The van der Waals surface area contributed by atoms with Crippen LogP contribution in [0.4, 0.5) is 16.3 Å². The lowest BCUT2D eigenvalue weighted by atomic mass is 9.91. The summed E-state index contributed by atoms with van der Waals surface area (Å²) in [6.07, 6.45) is 6.19. The van der Waals surface area contributed by atoms with Gasteiger partial charge in [-0.1, -0.05) is 48.5 Å². The highest BCUT2D eigenvalue weighted by molar-refractivity contribution is 5.89. The molecular formula is C26H27N5O. The smallest absolute Gasteiger partial charge is 0.319 e. The third-order valence-corrected chi connectivity index (χ3v) is 6.10. The minimum absolute atomic E-state index is 0.0359. The van der Waals surface area contributed by atoms with Crippen LogP contribution in [0.25, 0.3) is 10.9 Å². The van der Waals surface area contributed by atoms with Crippen molar-refractivity contribution in [2.75, 3.05) is 29.9 Å². The minimum atomic E-state index is -0.235. The molecule has 1 aliphatic heterocycles. The molecule has 1 saturated heterocycles. The predicted octanol–water partition coefficient (Wildman–Crippen LogP) is 5.12. The number of aromatic nitrogens is 2. The molecule has 5 rings (SSSR count). The predicted molar refractivity (Wildman–Crippen MR) is 129 cm³/mol. The number of hydrogen-bond acceptors (Lipinski definition) is 3. The standard InChI is InChI=1S/C26H27N5O/c32-26(30-20-12-13-25(28-16-20)31-14-6-7-15-31)29-17-22(19-8-2-1-3-9-19)23-18-27-24-11-5-4-10-21(23)24/h1-5,8-13,16,18,22,27H,6-7,14-15,17H2,(H2,29,30,32). The number of benzene rings is 2. The summed E-state index contributed by atoms with van der Waals surface area (Å²) in [5.74, 6) is 1.01. The lowest BCUT2D eigenvalue weighted by Crippen LogP contribution is -2.32. The van der Waals surface area contributed by atoms with Crippen molar-refractivity contribution in [2.24, 2.45) is 0 Å². The zero-order valence-electron chi connectivity index (χ0n) is 17.9. The second-order valence-electron chi connectivity index (χ2n) is 8.19. The van der Waals surface area contributed by atoms with Crippen LogP contribution in [0.2, 0.25) is 0 Å². The third kappa shape index (κ3) is 4.30. The molecule has 0 aliphatic carbocycles. The summed E-state index contributed by atoms with van der Waals surface area (Å²) < 4.78 is 0. The summed E-state index contributed by atoms with van der Waals surface area (Å²) in [4.78, 5) is 22.8. The lowest BCUT2D eigenvalue weighted by Gasteiger charge is -2.19. The van der Waals surface area contributed by atoms with Crippen LogP contribution in [0, 0.1) is 0 Å². The van der Waals surface area contributed by atoms with Crippen LogP contribution in [0.15, 0.2) is 79.1 Å². The average molecular weight is 426 g/mol. The number of aromatic amines is 1. The molecule has 2 aromatic heterocycles. The fourth-order valence-electron chi connectivity index (χ4n) is 4.44. The van der Waals surface area contributed by atoms with Crippen molar-refractivity contribution in [1.82, 2.24) is 15.3 Å². The highest BCUT2D eigenvalue weighted by atomic mass is 16.2. The fraction of sp³-hybridized carbons (Fsp3) is 0.231. The molecule has 0 spiro atoms. The molecule has 162 valence electrons. The van der Waals surface area contributed by atoms with Crippen molar-refractivity contribution >= 4 is 28.4 Å². The molecule has 0 bridgehead atoms. The van der Waals surface area contributed by atoms with Crippen LogP contribution in [0.1, 0.15) is 29.9 Å². The van der Waals surface area contributed by atoms with Crippen molar-refractivity contribution in [3.05, 3.63) is 90.3 Å². The zero-order valence-corrected chi connectivity index (χ0v) is 17.9. The van der Waals surface area contributed by atoms with Crippen molar-refractivity contribution in [3.8, 4) is 0 Å². The molecule has 6 nitrogen and oxygen atoms in total. The first-order chi connectivity index (χ1) is 15.8. The Morgan fingerprint density at radius 3 is 2.56 bits per heavy atom. The second-order valence-corrected chi connectivity index (χ2v) is 8.19. The number of nitrogens with one attached hydrogen (secondary N) is 3. The highest BCUT2D eigenvalue weighted by Crippen LogP contribution is 2.30. The maximum absolute atomic E-state index is 12.7. The van der Waals surface area contributed by atoms with E-state index in [9.17, 15) is 4.79 Å². The van der Waals surface area contributed by atoms with Gasteiger partial charge in [-0.25, -0.2) is 9.78 Å². The number of pyridine rings is 1. The quantitative estimate of drug-likeness (QED) is 0.402. The van der Waals surface area contributed by atoms with E-state index in [1.54, 1.807) is 6.20 Å². The van der Waals surface area contributed by atoms with E-state index in [2.05, 4.69) is 49.8 Å². The molecule has 2 aromatic carbocycles. The van der Waals surface area contributed by atoms with Gasteiger partial charge in [0.2, 0.25) is 0 Å². The Bertz CT molecular complexity index is 1180. The van der Waals surface area contributed by atoms with E-state index in [1.165, 1.54) is 23.8 Å². The van der Waals surface area contributed by atoms with E-state index in [0.717, 1.165) is 30.0 Å². The maximum atomic E-state index is 12.7. The molecule has 4 aromatic rings. The number of H-pyrrole nitrogens is 1. The summed E-state index contributed by atoms with van der Waals surface area (Å²) in [6.45, 7) is 2.58. The van der Waals surface area contributed by atoms with Crippen molar-refractivity contribution in [2.45, 2.75) is 18.8 Å². The first kappa shape index (κ1) is 20.1. The van der Waals surface area contributed by atoms with Gasteiger partial charge in [0.1, 0.15) is 5.82 Å². The Labute approximate surface area is 187 Å². The average Bonchev–Trinajstić information content (AvgIpc) is 3.51. The van der Waals surface area contributed by atoms with Crippen molar-refractivity contribution in [3.63, 3.8) is 0 Å². The first-order valence-corrected chi connectivity index (χ1v) is 11.1. The van der Waals surface area contributed by atoms with Gasteiger partial charge in [-0.05, 0) is 42.2 Å². The van der Waals surface area contributed by atoms with E-state index in [0.29, 0.717) is 12.2 Å². The summed E-state index contributed by atoms with van der Waals surface area (Å²) in [5.41, 5.74) is 4.11. The van der Waals surface area contributed by atoms with Crippen LogP contribution in [-0.4, -0.2) is 35.6 Å². The van der Waals surface area contributed by atoms with Gasteiger partial charge >= 0.3 is 6.03 Å². The number of para-hydroxylation sites is 1. The number of fused-ring (bicyclic) bond motifs is 1. The number of urea groups is 1. The number of hydrogen-bond donors (Lipinski definition) is 3. The topological polar surface area (TPSA) is 73.1 Å². The number of rotatable bonds is 6. The zero-order chi connectivity index (χ0) is 21.8. The lowest BCUT2D eigenvalue weighted by molar-refractivity contribution is 0.252. The van der Waals surface area contributed by atoms with Gasteiger partial charge in [-0.2, -0.15) is 0 Å². The van der Waals surface area contributed by atoms with Crippen LogP contribution in [0.3, 0.4) is 0 Å². The van der Waals surface area contributed by atoms with Gasteiger partial charge in [-0.3, -0.25) is 0 Å². The Morgan fingerprint density at radius 2 is 1.78 bits per heavy atom. The SMILES string of the molecule is O=C(NCC(c1ccccc1)c1c[nH]c2ccccc12)Nc1ccc(N2CCCC2)nc1.